The first-order chi connectivity index (χ1) is 15.5. The maximum Gasteiger partial charge on any atom is 0.271 e. The molecule has 2 aromatic heterocycles. The first-order valence-electron chi connectivity index (χ1n) is 10.2. The number of aliphatic hydroxyl groups is 1. The number of anilines is 3. The van der Waals surface area contributed by atoms with E-state index in [1.54, 1.807) is 18.1 Å². The van der Waals surface area contributed by atoms with Crippen molar-refractivity contribution in [1.82, 2.24) is 25.0 Å². The fourth-order valence-electron chi connectivity index (χ4n) is 3.76. The van der Waals surface area contributed by atoms with Gasteiger partial charge in [-0.2, -0.15) is 9.61 Å². The van der Waals surface area contributed by atoms with E-state index in [-0.39, 0.29) is 11.5 Å². The van der Waals surface area contributed by atoms with Crippen LogP contribution in [0, 0.1) is 5.82 Å². The van der Waals surface area contributed by atoms with Gasteiger partial charge in [-0.1, -0.05) is 0 Å². The molecule has 0 aliphatic carbocycles. The molecule has 2 aliphatic rings. The lowest BCUT2D eigenvalue weighted by Gasteiger charge is -2.21. The summed E-state index contributed by atoms with van der Waals surface area (Å²) in [6, 6.07) is 4.24. The Hall–Kier alpha value is -3.64. The topological polar surface area (TPSA) is 125 Å². The second-order valence-corrected chi connectivity index (χ2v) is 7.50. The van der Waals surface area contributed by atoms with Crippen molar-refractivity contribution >= 4 is 28.9 Å². The summed E-state index contributed by atoms with van der Waals surface area (Å²) in [6.07, 6.45) is 1.55. The summed E-state index contributed by atoms with van der Waals surface area (Å²) in [7, 11) is 1.71. The van der Waals surface area contributed by atoms with E-state index < -0.39 is 11.9 Å². The van der Waals surface area contributed by atoms with Crippen LogP contribution < -0.4 is 25.5 Å². The number of carbonyl (C=O) groups is 1. The van der Waals surface area contributed by atoms with Crippen LogP contribution in [-0.2, 0) is 0 Å². The zero-order valence-corrected chi connectivity index (χ0v) is 17.3. The quantitative estimate of drug-likeness (QED) is 0.459. The third-order valence-electron chi connectivity index (χ3n) is 5.27. The number of hydrazine groups is 1. The molecular formula is C20H22FN7O4. The minimum atomic E-state index is -0.483. The summed E-state index contributed by atoms with van der Waals surface area (Å²) in [6.45, 7) is 1.60. The number of halogens is 1. The van der Waals surface area contributed by atoms with E-state index >= 15 is 0 Å². The molecule has 1 unspecified atom stereocenters. The van der Waals surface area contributed by atoms with Gasteiger partial charge in [-0.3, -0.25) is 10.2 Å². The highest BCUT2D eigenvalue weighted by Gasteiger charge is 2.25. The van der Waals surface area contributed by atoms with Gasteiger partial charge >= 0.3 is 0 Å². The smallest absolute Gasteiger partial charge is 0.271 e. The number of rotatable bonds is 5. The fourth-order valence-corrected chi connectivity index (χ4v) is 3.76. The number of amides is 1. The maximum atomic E-state index is 14.1. The van der Waals surface area contributed by atoms with Gasteiger partial charge in [-0.05, 0) is 6.42 Å². The number of nitrogens with one attached hydrogen (secondary N) is 3. The van der Waals surface area contributed by atoms with Crippen LogP contribution in [-0.4, -0.2) is 70.1 Å². The molecule has 12 heteroatoms. The van der Waals surface area contributed by atoms with Crippen LogP contribution in [0.2, 0.25) is 0 Å². The van der Waals surface area contributed by atoms with Gasteiger partial charge in [0, 0.05) is 38.3 Å². The molecule has 1 aromatic carbocycles. The summed E-state index contributed by atoms with van der Waals surface area (Å²) >= 11 is 0. The van der Waals surface area contributed by atoms with Crippen LogP contribution in [0.15, 0.2) is 24.4 Å². The number of carbonyl (C=O) groups excluding carboxylic acids is 1. The summed E-state index contributed by atoms with van der Waals surface area (Å²) in [5.41, 5.74) is 3.69. The number of hydrogen-bond acceptors (Lipinski definition) is 9. The van der Waals surface area contributed by atoms with E-state index in [4.69, 9.17) is 9.47 Å². The number of β-amino-alcohol motifs (C(OH)–C–C–N with tert-alkyl or cyclic N) is 1. The van der Waals surface area contributed by atoms with Crippen LogP contribution in [0.3, 0.4) is 0 Å². The Balaban J connectivity index is 1.49. The molecule has 1 amide bonds. The van der Waals surface area contributed by atoms with E-state index in [2.05, 4.69) is 26.1 Å². The average Bonchev–Trinajstić information content (AvgIpc) is 3.39. The van der Waals surface area contributed by atoms with E-state index in [0.717, 1.165) is 0 Å². The minimum Gasteiger partial charge on any atom is -0.486 e. The molecule has 1 atom stereocenters. The van der Waals surface area contributed by atoms with Gasteiger partial charge in [-0.25, -0.2) is 14.4 Å². The largest absolute Gasteiger partial charge is 0.486 e. The lowest BCUT2D eigenvalue weighted by molar-refractivity contribution is 0.0802. The fraction of sp³-hybridized carbons (Fsp3) is 0.350. The molecular weight excluding hydrogens is 421 g/mol. The number of aliphatic hydroxyl groups excluding tert-OH is 1. The molecule has 168 valence electrons. The van der Waals surface area contributed by atoms with Crippen molar-refractivity contribution in [3.8, 4) is 11.5 Å². The number of hydrogen-bond donors (Lipinski definition) is 4. The number of fused-ring (bicyclic) bond motifs is 2. The Kier molecular flexibility index (Phi) is 5.15. The van der Waals surface area contributed by atoms with Crippen LogP contribution >= 0.6 is 0 Å². The van der Waals surface area contributed by atoms with Gasteiger partial charge in [0.2, 0.25) is 0 Å². The maximum absolute atomic E-state index is 14.1. The molecule has 4 heterocycles. The predicted molar refractivity (Wildman–Crippen MR) is 113 cm³/mol. The van der Waals surface area contributed by atoms with Crippen LogP contribution in [0.25, 0.3) is 5.65 Å². The number of benzene rings is 1. The number of aromatic nitrogens is 3. The van der Waals surface area contributed by atoms with Crippen molar-refractivity contribution in [1.29, 1.82) is 0 Å². The highest BCUT2D eigenvalue weighted by atomic mass is 19.1. The highest BCUT2D eigenvalue weighted by molar-refractivity contribution is 5.99. The molecule has 1 fully saturated rings. The van der Waals surface area contributed by atoms with Crippen molar-refractivity contribution < 1.29 is 23.8 Å². The van der Waals surface area contributed by atoms with Crippen molar-refractivity contribution in [3.63, 3.8) is 0 Å². The molecule has 1 saturated heterocycles. The molecule has 0 bridgehead atoms. The van der Waals surface area contributed by atoms with Gasteiger partial charge in [0.05, 0.1) is 18.0 Å². The van der Waals surface area contributed by atoms with Crippen molar-refractivity contribution in [2.45, 2.75) is 12.5 Å². The van der Waals surface area contributed by atoms with Crippen molar-refractivity contribution in [2.24, 2.45) is 0 Å². The van der Waals surface area contributed by atoms with E-state index in [0.29, 0.717) is 67.2 Å². The minimum absolute atomic E-state index is 0.257. The SMILES string of the molecule is CNc1cc(Nc2cc(F)cc3c2OCCO3)nc2c(C(=O)NN3CCC(O)C3)cnn12. The van der Waals surface area contributed by atoms with Gasteiger partial charge in [0.15, 0.2) is 17.1 Å². The molecule has 11 nitrogen and oxygen atoms in total. The van der Waals surface area contributed by atoms with Gasteiger partial charge in [-0.15, -0.1) is 0 Å². The van der Waals surface area contributed by atoms with E-state index in [9.17, 15) is 14.3 Å². The molecule has 5 rings (SSSR count). The number of nitrogens with zero attached hydrogens (tertiary/aromatic N) is 4. The third-order valence-corrected chi connectivity index (χ3v) is 5.27. The third kappa shape index (κ3) is 3.74. The Morgan fingerprint density at radius 1 is 1.28 bits per heavy atom. The second-order valence-electron chi connectivity index (χ2n) is 7.50. The lowest BCUT2D eigenvalue weighted by Crippen LogP contribution is -2.41. The molecule has 3 aromatic rings. The summed E-state index contributed by atoms with van der Waals surface area (Å²) in [4.78, 5) is 17.4. The lowest BCUT2D eigenvalue weighted by atomic mass is 10.2. The standard InChI is InChI=1S/C20H22FN7O4/c1-22-17-8-16(24-14-6-11(21)7-15-18(14)32-5-4-31-15)25-19-13(9-23-28(17)19)20(30)26-27-3-2-12(29)10-27/h6-9,12,22,29H,2-5,10H2,1H3,(H,24,25)(H,26,30). The Labute approximate surface area is 182 Å². The highest BCUT2D eigenvalue weighted by Crippen LogP contribution is 2.40. The zero-order chi connectivity index (χ0) is 22.2. The predicted octanol–water partition coefficient (Wildman–Crippen LogP) is 1.14. The average molecular weight is 443 g/mol. The molecule has 0 saturated carbocycles. The van der Waals surface area contributed by atoms with Crippen LogP contribution in [0.1, 0.15) is 16.8 Å². The van der Waals surface area contributed by atoms with Crippen molar-refractivity contribution in [2.75, 3.05) is 44.0 Å². The monoisotopic (exact) mass is 443 g/mol. The molecule has 0 radical (unpaired) electrons. The zero-order valence-electron chi connectivity index (χ0n) is 17.3. The summed E-state index contributed by atoms with van der Waals surface area (Å²) in [5, 5.41) is 21.7. The first-order valence-corrected chi connectivity index (χ1v) is 10.2. The molecule has 32 heavy (non-hydrogen) atoms. The number of ether oxygens (including phenoxy) is 2. The van der Waals surface area contributed by atoms with Crippen molar-refractivity contribution in [3.05, 3.63) is 35.8 Å². The Morgan fingerprint density at radius 3 is 2.91 bits per heavy atom. The molecule has 0 spiro atoms. The van der Waals surface area contributed by atoms with E-state index in [1.165, 1.54) is 22.8 Å². The van der Waals surface area contributed by atoms with Gasteiger partial charge < -0.3 is 25.2 Å². The summed E-state index contributed by atoms with van der Waals surface area (Å²) < 4.78 is 26.7. The molecule has 2 aliphatic heterocycles. The summed E-state index contributed by atoms with van der Waals surface area (Å²) in [5.74, 6) is 0.755. The second kappa shape index (κ2) is 8.13. The van der Waals surface area contributed by atoms with E-state index in [1.807, 2.05) is 0 Å². The molecule has 4 N–H and O–H groups in total. The normalized spacial score (nSPS) is 18.0. The van der Waals surface area contributed by atoms with Gasteiger partial charge in [0.25, 0.3) is 5.91 Å². The van der Waals surface area contributed by atoms with Crippen LogP contribution in [0.5, 0.6) is 11.5 Å². The Bertz CT molecular complexity index is 1180. The van der Waals surface area contributed by atoms with Gasteiger partial charge in [0.1, 0.15) is 36.2 Å². The Morgan fingerprint density at radius 2 is 2.12 bits per heavy atom. The first kappa shape index (κ1) is 20.3. The van der Waals surface area contributed by atoms with Crippen LogP contribution in [0.4, 0.5) is 21.7 Å².